The number of hydrogen-bond acceptors (Lipinski definition) is 7. The van der Waals surface area contributed by atoms with Gasteiger partial charge in [-0.05, 0) is 62.1 Å². The maximum atomic E-state index is 15.3. The van der Waals surface area contributed by atoms with Crippen LogP contribution in [-0.2, 0) is 21.3 Å². The first kappa shape index (κ1) is 28.5. The fourth-order valence-corrected chi connectivity index (χ4v) is 6.84. The van der Waals surface area contributed by atoms with Gasteiger partial charge in [0.05, 0.1) is 35.8 Å². The highest BCUT2D eigenvalue weighted by Gasteiger charge is 2.27. The van der Waals surface area contributed by atoms with E-state index < -0.39 is 26.6 Å². The van der Waals surface area contributed by atoms with Gasteiger partial charge in [0.2, 0.25) is 0 Å². The Morgan fingerprint density at radius 2 is 1.95 bits per heavy atom. The standard InChI is InChI=1S/C29H29ClF2N6O3S/c1-2-38-28-21(16-3-7-19(8-4-16)35-20-14-41-15-20)13-34-29(33)26(28)27(36-38)17-5-10-24(23(32)11-17)37-42(39,40)25-12-18(30)6-9-22(25)31/h3,5-6,9-13,19-20,35,37H,2,4,7-8,14-15H2,1H3,(H2,33,34)/t19-/m0/s1. The van der Waals surface area contributed by atoms with E-state index in [0.717, 1.165) is 61.3 Å². The number of benzene rings is 2. The van der Waals surface area contributed by atoms with Crippen molar-refractivity contribution in [3.05, 3.63) is 70.9 Å². The van der Waals surface area contributed by atoms with Crippen molar-refractivity contribution in [1.82, 2.24) is 20.1 Å². The summed E-state index contributed by atoms with van der Waals surface area (Å²) in [5, 5.41) is 9.01. The predicted molar refractivity (Wildman–Crippen MR) is 159 cm³/mol. The van der Waals surface area contributed by atoms with Crippen LogP contribution in [0.5, 0.6) is 0 Å². The number of allylic oxidation sites excluding steroid dienone is 1. The van der Waals surface area contributed by atoms with Gasteiger partial charge >= 0.3 is 0 Å². The third-order valence-corrected chi connectivity index (χ3v) is 9.25. The van der Waals surface area contributed by atoms with E-state index in [1.165, 1.54) is 24.3 Å². The molecular weight excluding hydrogens is 586 g/mol. The first-order valence-electron chi connectivity index (χ1n) is 13.6. The number of fused-ring (bicyclic) bond motifs is 1. The van der Waals surface area contributed by atoms with E-state index >= 15 is 4.39 Å². The summed E-state index contributed by atoms with van der Waals surface area (Å²) in [5.41, 5.74) is 9.72. The number of aryl methyl sites for hydroxylation is 1. The summed E-state index contributed by atoms with van der Waals surface area (Å²) in [4.78, 5) is 3.78. The normalized spacial score (nSPS) is 17.7. The molecular formula is C29H29ClF2N6O3S. The lowest BCUT2D eigenvalue weighted by molar-refractivity contribution is -0.0103. The second kappa shape index (κ2) is 11.3. The van der Waals surface area contributed by atoms with E-state index in [4.69, 9.17) is 27.2 Å². The molecule has 0 radical (unpaired) electrons. The highest BCUT2D eigenvalue weighted by molar-refractivity contribution is 7.92. The molecule has 1 atom stereocenters. The van der Waals surface area contributed by atoms with E-state index in [2.05, 4.69) is 21.1 Å². The van der Waals surface area contributed by atoms with Crippen LogP contribution in [0.3, 0.4) is 0 Å². The van der Waals surface area contributed by atoms with Gasteiger partial charge in [0, 0.05) is 34.9 Å². The van der Waals surface area contributed by atoms with Gasteiger partial charge in [-0.2, -0.15) is 5.10 Å². The third-order valence-electron chi connectivity index (χ3n) is 7.63. The summed E-state index contributed by atoms with van der Waals surface area (Å²) in [6.45, 7) is 4.00. The van der Waals surface area contributed by atoms with Gasteiger partial charge in [-0.1, -0.05) is 23.7 Å². The van der Waals surface area contributed by atoms with Gasteiger partial charge in [-0.3, -0.25) is 9.40 Å². The minimum Gasteiger partial charge on any atom is -0.383 e. The number of nitrogen functional groups attached to an aromatic ring is 1. The average molecular weight is 615 g/mol. The minimum atomic E-state index is -4.45. The summed E-state index contributed by atoms with van der Waals surface area (Å²) in [7, 11) is -4.45. The summed E-state index contributed by atoms with van der Waals surface area (Å²) in [6, 6.07) is 7.88. The van der Waals surface area contributed by atoms with Crippen molar-refractivity contribution in [2.75, 3.05) is 23.7 Å². The van der Waals surface area contributed by atoms with Crippen molar-refractivity contribution in [3.8, 4) is 11.3 Å². The van der Waals surface area contributed by atoms with Gasteiger partial charge in [-0.25, -0.2) is 22.2 Å². The number of nitrogens with two attached hydrogens (primary N) is 1. The molecule has 0 amide bonds. The second-order valence-corrected chi connectivity index (χ2v) is 12.5. The Kier molecular flexibility index (Phi) is 7.64. The Balaban J connectivity index is 1.33. The van der Waals surface area contributed by atoms with E-state index in [1.54, 1.807) is 6.20 Å². The molecule has 0 bridgehead atoms. The van der Waals surface area contributed by atoms with E-state index in [-0.39, 0.29) is 16.5 Å². The third kappa shape index (κ3) is 5.35. The average Bonchev–Trinajstić information content (AvgIpc) is 3.34. The number of nitrogens with one attached hydrogen (secondary N) is 2. The molecule has 1 aliphatic heterocycles. The fourth-order valence-electron chi connectivity index (χ4n) is 5.43. The molecule has 2 aromatic heterocycles. The smallest absolute Gasteiger partial charge is 0.264 e. The summed E-state index contributed by atoms with van der Waals surface area (Å²) < 4.78 is 64.3. The van der Waals surface area contributed by atoms with Crippen LogP contribution in [0.25, 0.3) is 27.7 Å². The lowest BCUT2D eigenvalue weighted by atomic mass is 9.89. The zero-order valence-electron chi connectivity index (χ0n) is 22.7. The van der Waals surface area contributed by atoms with Crippen LogP contribution in [0.4, 0.5) is 20.3 Å². The number of halogens is 3. The number of nitrogens with zero attached hydrogens (tertiary/aromatic N) is 3. The highest BCUT2D eigenvalue weighted by atomic mass is 35.5. The number of rotatable bonds is 8. The topological polar surface area (TPSA) is 124 Å². The monoisotopic (exact) mass is 614 g/mol. The lowest BCUT2D eigenvalue weighted by Gasteiger charge is -2.33. The Morgan fingerprint density at radius 1 is 1.14 bits per heavy atom. The number of sulfonamides is 1. The molecule has 2 aromatic carbocycles. The number of anilines is 2. The number of ether oxygens (including phenoxy) is 1. The van der Waals surface area contributed by atoms with Crippen LogP contribution < -0.4 is 15.8 Å². The molecule has 42 heavy (non-hydrogen) atoms. The van der Waals surface area contributed by atoms with Crippen molar-refractivity contribution >= 4 is 49.6 Å². The van der Waals surface area contributed by atoms with Crippen molar-refractivity contribution < 1.29 is 21.9 Å². The first-order chi connectivity index (χ1) is 20.1. The molecule has 9 nitrogen and oxygen atoms in total. The van der Waals surface area contributed by atoms with Crippen molar-refractivity contribution in [1.29, 1.82) is 0 Å². The van der Waals surface area contributed by atoms with Crippen LogP contribution in [-0.4, -0.2) is 48.5 Å². The SMILES string of the molecule is CCn1nc(-c2ccc(NS(=O)(=O)c3cc(Cl)ccc3F)c(F)c2)c2c(N)ncc(C3=CC[C@H](NC4COC4)CC3)c21. The fraction of sp³-hybridized carbons (Fsp3) is 0.310. The maximum absolute atomic E-state index is 15.3. The Bertz CT molecular complexity index is 1820. The summed E-state index contributed by atoms with van der Waals surface area (Å²) in [5.74, 6) is -1.62. The van der Waals surface area contributed by atoms with E-state index in [0.29, 0.717) is 35.3 Å². The molecule has 2 aliphatic rings. The Hall–Kier alpha value is -3.58. The van der Waals surface area contributed by atoms with E-state index in [9.17, 15) is 12.8 Å². The highest BCUT2D eigenvalue weighted by Crippen LogP contribution is 2.39. The van der Waals surface area contributed by atoms with Crippen molar-refractivity contribution in [3.63, 3.8) is 0 Å². The molecule has 1 saturated heterocycles. The molecule has 3 heterocycles. The Labute approximate surface area is 246 Å². The van der Waals surface area contributed by atoms with Crippen LogP contribution in [0, 0.1) is 11.6 Å². The summed E-state index contributed by atoms with van der Waals surface area (Å²) in [6.07, 6.45) is 6.70. The van der Waals surface area contributed by atoms with E-state index in [1.807, 2.05) is 11.6 Å². The quantitative estimate of drug-likeness (QED) is 0.244. The number of aromatic nitrogens is 3. The van der Waals surface area contributed by atoms with Crippen LogP contribution in [0.2, 0.25) is 5.02 Å². The van der Waals surface area contributed by atoms with Gasteiger partial charge in [0.25, 0.3) is 10.0 Å². The second-order valence-electron chi connectivity index (χ2n) is 10.4. The predicted octanol–water partition coefficient (Wildman–Crippen LogP) is 5.36. The van der Waals surface area contributed by atoms with Gasteiger partial charge in [0.15, 0.2) is 0 Å². The molecule has 4 aromatic rings. The molecule has 220 valence electrons. The summed E-state index contributed by atoms with van der Waals surface area (Å²) >= 11 is 5.85. The molecule has 1 aliphatic carbocycles. The molecule has 6 rings (SSSR count). The Morgan fingerprint density at radius 3 is 2.62 bits per heavy atom. The molecule has 13 heteroatoms. The molecule has 0 saturated carbocycles. The van der Waals surface area contributed by atoms with Gasteiger partial charge in [0.1, 0.15) is 28.0 Å². The zero-order valence-corrected chi connectivity index (χ0v) is 24.3. The molecule has 0 unspecified atom stereocenters. The van der Waals surface area contributed by atoms with Crippen LogP contribution in [0.15, 0.2) is 53.6 Å². The molecule has 1 fully saturated rings. The van der Waals surface area contributed by atoms with Crippen LogP contribution in [0.1, 0.15) is 31.7 Å². The lowest BCUT2D eigenvalue weighted by Crippen LogP contribution is -2.50. The number of pyridine rings is 1. The first-order valence-corrected chi connectivity index (χ1v) is 15.5. The minimum absolute atomic E-state index is 0.0285. The molecule has 0 spiro atoms. The maximum Gasteiger partial charge on any atom is 0.264 e. The van der Waals surface area contributed by atoms with Crippen molar-refractivity contribution in [2.24, 2.45) is 0 Å². The van der Waals surface area contributed by atoms with Gasteiger partial charge in [-0.15, -0.1) is 0 Å². The van der Waals surface area contributed by atoms with Gasteiger partial charge < -0.3 is 15.8 Å². The molecule has 4 N–H and O–H groups in total. The van der Waals surface area contributed by atoms with Crippen LogP contribution >= 0.6 is 11.6 Å². The largest absolute Gasteiger partial charge is 0.383 e. The zero-order chi connectivity index (χ0) is 29.6. The number of hydrogen-bond donors (Lipinski definition) is 3. The van der Waals surface area contributed by atoms with Crippen molar-refractivity contribution in [2.45, 2.75) is 49.7 Å².